The van der Waals surface area contributed by atoms with Gasteiger partial charge in [-0.2, -0.15) is 11.3 Å². The van der Waals surface area contributed by atoms with Crippen molar-refractivity contribution in [3.05, 3.63) is 22.4 Å². The molecule has 1 aromatic heterocycles. The van der Waals surface area contributed by atoms with Crippen molar-refractivity contribution in [2.24, 2.45) is 10.7 Å². The molecular weight excluding hydrogens is 389 g/mol. The van der Waals surface area contributed by atoms with Crippen LogP contribution in [0.1, 0.15) is 25.8 Å². The Morgan fingerprint density at radius 3 is 2.95 bits per heavy atom. The summed E-state index contributed by atoms with van der Waals surface area (Å²) >= 11 is 1.55. The first-order chi connectivity index (χ1) is 9.06. The summed E-state index contributed by atoms with van der Waals surface area (Å²) in [5.41, 5.74) is 5.63. The van der Waals surface area contributed by atoms with Crippen LogP contribution in [-0.2, 0) is 10.3 Å². The minimum atomic E-state index is -0.975. The average Bonchev–Trinajstić information content (AvgIpc) is 2.91. The topological polar surface area (TPSA) is 79.9 Å². The molecule has 0 bridgehead atoms. The Labute approximate surface area is 141 Å². The number of nitrogens with two attached hydrogens (primary N) is 1. The van der Waals surface area contributed by atoms with Crippen LogP contribution in [0.15, 0.2) is 21.8 Å². The molecule has 0 aromatic carbocycles. The molecule has 0 saturated heterocycles. The van der Waals surface area contributed by atoms with Gasteiger partial charge >= 0.3 is 0 Å². The number of nitrogens with one attached hydrogen (secondary N) is 1. The molecule has 1 unspecified atom stereocenters. The maximum absolute atomic E-state index is 10.3. The van der Waals surface area contributed by atoms with E-state index in [0.717, 1.165) is 25.1 Å². The van der Waals surface area contributed by atoms with E-state index in [4.69, 9.17) is 10.5 Å². The van der Waals surface area contributed by atoms with Gasteiger partial charge in [-0.1, -0.05) is 0 Å². The third-order valence-corrected chi connectivity index (χ3v) is 3.36. The molecule has 1 rings (SSSR count). The lowest BCUT2D eigenvalue weighted by Crippen LogP contribution is -2.35. The van der Waals surface area contributed by atoms with E-state index in [1.807, 2.05) is 23.8 Å². The number of halogens is 1. The zero-order valence-corrected chi connectivity index (χ0v) is 15.1. The molecule has 4 N–H and O–H groups in total. The lowest BCUT2D eigenvalue weighted by Gasteiger charge is -2.20. The second-order valence-electron chi connectivity index (χ2n) is 4.46. The van der Waals surface area contributed by atoms with Gasteiger partial charge in [0.25, 0.3) is 0 Å². The fourth-order valence-corrected chi connectivity index (χ4v) is 2.28. The van der Waals surface area contributed by atoms with E-state index >= 15 is 0 Å². The van der Waals surface area contributed by atoms with Crippen molar-refractivity contribution in [3.8, 4) is 0 Å². The summed E-state index contributed by atoms with van der Waals surface area (Å²) in [7, 11) is 0. The highest BCUT2D eigenvalue weighted by atomic mass is 127. The van der Waals surface area contributed by atoms with Crippen LogP contribution in [0.2, 0.25) is 0 Å². The van der Waals surface area contributed by atoms with Gasteiger partial charge in [-0.05, 0) is 42.7 Å². The normalized spacial score (nSPS) is 14.4. The van der Waals surface area contributed by atoms with E-state index < -0.39 is 5.60 Å². The van der Waals surface area contributed by atoms with Crippen LogP contribution in [0.3, 0.4) is 0 Å². The van der Waals surface area contributed by atoms with Crippen molar-refractivity contribution >= 4 is 41.3 Å². The highest BCUT2D eigenvalue weighted by Crippen LogP contribution is 2.22. The molecule has 7 heteroatoms. The molecule has 20 heavy (non-hydrogen) atoms. The van der Waals surface area contributed by atoms with Gasteiger partial charge in [0, 0.05) is 19.8 Å². The summed E-state index contributed by atoms with van der Waals surface area (Å²) in [6.07, 6.45) is 0.880. The number of thiophene rings is 1. The average molecular weight is 413 g/mol. The van der Waals surface area contributed by atoms with E-state index in [0.29, 0.717) is 12.6 Å². The molecule has 116 valence electrons. The van der Waals surface area contributed by atoms with Crippen LogP contribution in [-0.4, -0.2) is 37.4 Å². The molecule has 5 nitrogen and oxygen atoms in total. The number of nitrogens with zero attached hydrogens (tertiary/aromatic N) is 1. The van der Waals surface area contributed by atoms with E-state index in [1.54, 1.807) is 18.3 Å². The lowest BCUT2D eigenvalue weighted by atomic mass is 10.00. The van der Waals surface area contributed by atoms with E-state index in [9.17, 15) is 5.11 Å². The largest absolute Gasteiger partial charge is 0.383 e. The number of hydrogen-bond donors (Lipinski definition) is 3. The zero-order chi connectivity index (χ0) is 14.1. The monoisotopic (exact) mass is 413 g/mol. The van der Waals surface area contributed by atoms with Crippen molar-refractivity contribution in [2.45, 2.75) is 25.9 Å². The Morgan fingerprint density at radius 2 is 2.35 bits per heavy atom. The number of ether oxygens (including phenoxy) is 1. The predicted octanol–water partition coefficient (Wildman–Crippen LogP) is 1.90. The van der Waals surface area contributed by atoms with Gasteiger partial charge < -0.3 is 20.9 Å². The Morgan fingerprint density at radius 1 is 1.60 bits per heavy atom. The van der Waals surface area contributed by atoms with Crippen LogP contribution in [0, 0.1) is 0 Å². The van der Waals surface area contributed by atoms with Gasteiger partial charge in [0.2, 0.25) is 0 Å². The van der Waals surface area contributed by atoms with E-state index in [-0.39, 0.29) is 30.5 Å². The van der Waals surface area contributed by atoms with Gasteiger partial charge in [0.1, 0.15) is 5.60 Å². The second-order valence-corrected chi connectivity index (χ2v) is 5.24. The van der Waals surface area contributed by atoms with Crippen LogP contribution in [0.5, 0.6) is 0 Å². The summed E-state index contributed by atoms with van der Waals surface area (Å²) in [4.78, 5) is 4.17. The van der Waals surface area contributed by atoms with Crippen LogP contribution in [0.25, 0.3) is 0 Å². The Balaban J connectivity index is 0.00000361. The maximum Gasteiger partial charge on any atom is 0.188 e. The van der Waals surface area contributed by atoms with E-state index in [2.05, 4.69) is 10.3 Å². The molecule has 1 atom stereocenters. The number of hydrogen-bond acceptors (Lipinski definition) is 4. The predicted molar refractivity (Wildman–Crippen MR) is 94.9 cm³/mol. The molecule has 0 aliphatic heterocycles. The number of aliphatic hydroxyl groups is 1. The molecule has 0 spiro atoms. The first-order valence-corrected chi connectivity index (χ1v) is 7.37. The number of aliphatic imine (C=N–C) groups is 1. The van der Waals surface area contributed by atoms with Crippen LogP contribution >= 0.6 is 35.3 Å². The van der Waals surface area contributed by atoms with Gasteiger partial charge in [-0.15, -0.1) is 24.0 Å². The number of rotatable bonds is 8. The Bertz CT molecular complexity index is 383. The summed E-state index contributed by atoms with van der Waals surface area (Å²) in [5.74, 6) is 0.354. The van der Waals surface area contributed by atoms with Crippen molar-refractivity contribution in [1.29, 1.82) is 0 Å². The Kier molecular flexibility index (Phi) is 10.2. The fraction of sp³-hybridized carbons (Fsp3) is 0.615. The van der Waals surface area contributed by atoms with Crippen LogP contribution in [0.4, 0.5) is 0 Å². The SMILES string of the molecule is CCOCCCNC(N)=NCC(C)(O)c1ccsc1.I. The fourth-order valence-electron chi connectivity index (χ4n) is 1.49. The summed E-state index contributed by atoms with van der Waals surface area (Å²) in [6.45, 7) is 6.11. The molecule has 0 fully saturated rings. The molecular formula is C13H24IN3O2S. The van der Waals surface area contributed by atoms with Gasteiger partial charge in [-0.25, -0.2) is 0 Å². The third kappa shape index (κ3) is 7.41. The minimum absolute atomic E-state index is 0. The zero-order valence-electron chi connectivity index (χ0n) is 12.0. The smallest absolute Gasteiger partial charge is 0.188 e. The molecule has 1 heterocycles. The quantitative estimate of drug-likeness (QED) is 0.263. The summed E-state index contributed by atoms with van der Waals surface area (Å²) in [6, 6.07) is 1.89. The highest BCUT2D eigenvalue weighted by molar-refractivity contribution is 14.0. The molecule has 0 aliphatic carbocycles. The van der Waals surface area contributed by atoms with Crippen molar-refractivity contribution < 1.29 is 9.84 Å². The van der Waals surface area contributed by atoms with Crippen molar-refractivity contribution in [1.82, 2.24) is 5.32 Å². The van der Waals surface area contributed by atoms with Crippen LogP contribution < -0.4 is 11.1 Å². The first-order valence-electron chi connectivity index (χ1n) is 6.43. The second kappa shape index (κ2) is 10.4. The van der Waals surface area contributed by atoms with Crippen molar-refractivity contribution in [3.63, 3.8) is 0 Å². The maximum atomic E-state index is 10.3. The minimum Gasteiger partial charge on any atom is -0.383 e. The molecule has 0 saturated carbocycles. The van der Waals surface area contributed by atoms with Gasteiger partial charge in [0.05, 0.1) is 6.54 Å². The Hall–Kier alpha value is -0.380. The molecule has 0 aliphatic rings. The highest BCUT2D eigenvalue weighted by Gasteiger charge is 2.22. The first kappa shape index (κ1) is 19.6. The number of guanidine groups is 1. The standard InChI is InChI=1S/C13H23N3O2S.HI/c1-3-18-7-4-6-15-12(14)16-10-13(2,17)11-5-8-19-9-11;/h5,8-9,17H,3-4,6-7,10H2,1-2H3,(H3,14,15,16);1H. The molecule has 0 amide bonds. The third-order valence-electron chi connectivity index (χ3n) is 2.68. The summed E-state index contributed by atoms with van der Waals surface area (Å²) < 4.78 is 5.22. The van der Waals surface area contributed by atoms with Crippen molar-refractivity contribution in [2.75, 3.05) is 26.3 Å². The van der Waals surface area contributed by atoms with E-state index in [1.165, 1.54) is 0 Å². The summed E-state index contributed by atoms with van der Waals surface area (Å²) in [5, 5.41) is 17.1. The molecule has 1 aromatic rings. The molecule has 0 radical (unpaired) electrons. The van der Waals surface area contributed by atoms with Gasteiger partial charge in [0.15, 0.2) is 5.96 Å². The lowest BCUT2D eigenvalue weighted by molar-refractivity contribution is 0.0677. The van der Waals surface area contributed by atoms with Gasteiger partial charge in [-0.3, -0.25) is 4.99 Å².